The number of aliphatic carboxylic acids is 1. The van der Waals surface area contributed by atoms with E-state index in [9.17, 15) is 58.2 Å². The fourth-order valence-corrected chi connectivity index (χ4v) is 11.6. The number of nitrogens with zero attached hydrogens (tertiary/aromatic N) is 3. The number of amides is 11. The van der Waals surface area contributed by atoms with Crippen molar-refractivity contribution < 1.29 is 67.7 Å². The van der Waals surface area contributed by atoms with Gasteiger partial charge in [-0.1, -0.05) is 69.7 Å². The molecular weight excluding hydrogens is 1150 g/mol. The van der Waals surface area contributed by atoms with Gasteiger partial charge in [0.2, 0.25) is 65.0 Å². The van der Waals surface area contributed by atoms with Crippen LogP contribution in [0.4, 0.5) is 5.69 Å². The molecule has 29 nitrogen and oxygen atoms in total. The van der Waals surface area contributed by atoms with Crippen molar-refractivity contribution in [1.29, 1.82) is 0 Å². The molecule has 0 aliphatic carbocycles. The van der Waals surface area contributed by atoms with Crippen molar-refractivity contribution >= 4 is 82.6 Å². The fourth-order valence-electron chi connectivity index (χ4n) is 11.6. The number of fused-ring (bicyclic) bond motifs is 6. The molecule has 484 valence electrons. The Morgan fingerprint density at radius 1 is 0.697 bits per heavy atom. The van der Waals surface area contributed by atoms with Crippen molar-refractivity contribution in [2.24, 2.45) is 34.0 Å². The molecule has 0 spiro atoms. The number of primary amides is 1. The molecule has 0 aromatic heterocycles. The molecule has 89 heavy (non-hydrogen) atoms. The average Bonchev–Trinajstić information content (AvgIpc) is 2.05. The predicted molar refractivity (Wildman–Crippen MR) is 324 cm³/mol. The van der Waals surface area contributed by atoms with Crippen molar-refractivity contribution in [2.75, 3.05) is 31.5 Å². The van der Waals surface area contributed by atoms with Crippen molar-refractivity contribution in [1.82, 2.24) is 52.3 Å². The Morgan fingerprint density at radius 3 is 1.90 bits per heavy atom. The second-order valence-corrected chi connectivity index (χ2v) is 24.0. The van der Waals surface area contributed by atoms with Gasteiger partial charge in [-0.05, 0) is 106 Å². The molecule has 3 fully saturated rings. The van der Waals surface area contributed by atoms with Crippen molar-refractivity contribution in [3.8, 4) is 5.75 Å². The van der Waals surface area contributed by atoms with E-state index in [1.807, 2.05) is 58.0 Å². The highest BCUT2D eigenvalue weighted by atomic mass is 16.4. The number of aromatic hydroxyl groups is 1. The summed E-state index contributed by atoms with van der Waals surface area (Å²) in [6, 6.07) is 1.50. The number of para-hydroxylation sites is 1. The monoisotopic (exact) mass is 1240 g/mol. The van der Waals surface area contributed by atoms with Crippen LogP contribution < -0.4 is 65.1 Å². The van der Waals surface area contributed by atoms with Gasteiger partial charge in [0.15, 0.2) is 5.96 Å². The van der Waals surface area contributed by atoms with Gasteiger partial charge in [-0.3, -0.25) is 62.5 Å². The van der Waals surface area contributed by atoms with Gasteiger partial charge in [0.05, 0.1) is 19.5 Å². The van der Waals surface area contributed by atoms with E-state index in [0.717, 1.165) is 16.8 Å². The van der Waals surface area contributed by atoms with E-state index in [2.05, 4.69) is 52.8 Å². The van der Waals surface area contributed by atoms with Gasteiger partial charge in [-0.2, -0.15) is 0 Å². The number of phenolic OH excluding ortho intramolecular Hbond substituents is 1. The summed E-state index contributed by atoms with van der Waals surface area (Å²) < 4.78 is 0. The van der Waals surface area contributed by atoms with Crippen LogP contribution in [-0.2, 0) is 69.4 Å². The fraction of sp³-hybridized carbons (Fsp3) is 0.550. The molecule has 2 aromatic carbocycles. The molecule has 4 aliphatic heterocycles. The van der Waals surface area contributed by atoms with E-state index in [1.54, 1.807) is 13.8 Å². The van der Waals surface area contributed by atoms with E-state index in [1.165, 1.54) is 34.1 Å². The minimum absolute atomic E-state index is 0.0181. The van der Waals surface area contributed by atoms with E-state index in [-0.39, 0.29) is 75.7 Å². The molecule has 0 radical (unpaired) electrons. The molecule has 10 atom stereocenters. The Bertz CT molecular complexity index is 3060. The zero-order chi connectivity index (χ0) is 65.4. The highest BCUT2D eigenvalue weighted by Crippen LogP contribution is 2.53. The Hall–Kier alpha value is -9.31. The van der Waals surface area contributed by atoms with Gasteiger partial charge < -0.3 is 85.1 Å². The van der Waals surface area contributed by atoms with Crippen LogP contribution >= 0.6 is 0 Å². The molecule has 17 N–H and O–H groups in total. The third-order valence-corrected chi connectivity index (χ3v) is 16.1. The Balaban J connectivity index is 1.42. The lowest BCUT2D eigenvalue weighted by Crippen LogP contribution is -2.62. The zero-order valence-corrected chi connectivity index (χ0v) is 51.0. The Labute approximate surface area is 515 Å². The molecule has 4 heterocycles. The molecule has 11 amide bonds. The van der Waals surface area contributed by atoms with Crippen LogP contribution in [0.5, 0.6) is 5.75 Å². The molecule has 3 saturated heterocycles. The largest absolute Gasteiger partial charge is 0.508 e. The standard InChI is InChI=1S/C60H85N15O14/c1-31(2)21-22-60-28-44-55(87)73-49(33(5)6)57(89)74-24-10-14-43(74)54(86)71-41(27-45(61)77)53(85)70-39(19-20-48(80)81)52(84)69-38(13-9-23-64-59(62)63)50(82)65-29-46(78)67-40(26-34-15-17-35(76)18-16-34)51(83)66-30-47(79)68-42(25-32(3)4)56(88)75(44)58(60)72-37-12-8-7-11-36(37)60/h7-8,11-12,15-18,21,32-33,38-44,49,58,72,76H,9-10,13-14,19-20,22-30H2,1-6H3,(H2,61,77)(H,65,82)(H,66,83)(H,67,78)(H,68,79)(H,69,84)(H,70,85)(H,71,86)(H,73,87)(H,80,81)(H4,62,63,64)/t38-,39-,40-,41-,42-,43-,44-,49?,58-,60-/m0/s1. The number of carbonyl (C=O) groups excluding carboxylic acids is 11. The second kappa shape index (κ2) is 31.0. The number of nitrogens with two attached hydrogens (primary N) is 3. The third kappa shape index (κ3) is 18.4. The average molecular weight is 1240 g/mol. The maximum Gasteiger partial charge on any atom is 0.303 e. The first-order valence-corrected chi connectivity index (χ1v) is 29.9. The molecule has 4 aliphatic rings. The van der Waals surface area contributed by atoms with Crippen molar-refractivity contribution in [3.63, 3.8) is 0 Å². The van der Waals surface area contributed by atoms with E-state index in [4.69, 9.17) is 17.2 Å². The number of carboxylic acid groups (broad SMARTS) is 1. The highest BCUT2D eigenvalue weighted by molar-refractivity contribution is 6.00. The Kier molecular flexibility index (Phi) is 24.0. The molecule has 2 aromatic rings. The molecule has 0 bridgehead atoms. The minimum Gasteiger partial charge on any atom is -0.508 e. The summed E-state index contributed by atoms with van der Waals surface area (Å²) in [4.78, 5) is 176. The Morgan fingerprint density at radius 2 is 1.29 bits per heavy atom. The molecular formula is C60H85N15O14. The number of benzene rings is 2. The predicted octanol–water partition coefficient (Wildman–Crippen LogP) is -1.78. The maximum absolute atomic E-state index is 15.6. The summed E-state index contributed by atoms with van der Waals surface area (Å²) in [5.74, 6) is -12.5. The molecule has 1 unspecified atom stereocenters. The maximum atomic E-state index is 15.6. The van der Waals surface area contributed by atoms with Crippen LogP contribution in [-0.4, -0.2) is 178 Å². The third-order valence-electron chi connectivity index (χ3n) is 16.1. The van der Waals surface area contributed by atoms with Crippen LogP contribution in [0.25, 0.3) is 0 Å². The number of hydrogen-bond donors (Lipinski definition) is 14. The van der Waals surface area contributed by atoms with Gasteiger partial charge in [0.25, 0.3) is 0 Å². The summed E-state index contributed by atoms with van der Waals surface area (Å²) in [6.07, 6.45) is -0.510. The SMILES string of the molecule is CC(C)=CC[C@@]12C[C@H]3C(=O)NC(C(C)C)C(=O)N4CCC[C@H]4C(=O)N[C@@H](CC(N)=O)C(=O)N[C@@H](CCC(=O)O)C(=O)N[C@@H](CCCN=C(N)N)C(=O)NCC(=O)N[C@@H](Cc4ccc(O)cc4)C(=O)NCC(=O)N[C@@H](CC(C)C)C(=O)N3[C@@H]1Nc1ccccc12. The van der Waals surface area contributed by atoms with Gasteiger partial charge in [0.1, 0.15) is 60.3 Å². The first-order valence-electron chi connectivity index (χ1n) is 29.9. The van der Waals surface area contributed by atoms with Crippen LogP contribution in [0.1, 0.15) is 117 Å². The lowest BCUT2D eigenvalue weighted by atomic mass is 9.75. The first-order chi connectivity index (χ1) is 42.1. The second-order valence-electron chi connectivity index (χ2n) is 24.0. The van der Waals surface area contributed by atoms with Gasteiger partial charge in [-0.25, -0.2) is 0 Å². The summed E-state index contributed by atoms with van der Waals surface area (Å²) in [5, 5.41) is 43.7. The minimum atomic E-state index is -1.80. The van der Waals surface area contributed by atoms with E-state index >= 15 is 9.59 Å². The number of carbonyl (C=O) groups is 12. The molecule has 29 heteroatoms. The lowest BCUT2D eigenvalue weighted by Gasteiger charge is -2.36. The topological polar surface area (TPSA) is 450 Å². The number of carboxylic acids is 1. The summed E-state index contributed by atoms with van der Waals surface area (Å²) in [5.41, 5.74) is 18.6. The normalized spacial score (nSPS) is 26.1. The number of nitrogens with one attached hydrogen (secondary N) is 9. The smallest absolute Gasteiger partial charge is 0.303 e. The summed E-state index contributed by atoms with van der Waals surface area (Å²) in [6.45, 7) is 9.34. The molecule has 6 rings (SSSR count). The lowest BCUT2D eigenvalue weighted by molar-refractivity contribution is -0.146. The highest BCUT2D eigenvalue weighted by Gasteiger charge is 2.61. The number of allylic oxidation sites excluding steroid dienone is 2. The quantitative estimate of drug-likeness (QED) is 0.0383. The van der Waals surface area contributed by atoms with Gasteiger partial charge in [-0.15, -0.1) is 0 Å². The van der Waals surface area contributed by atoms with Crippen LogP contribution in [0.2, 0.25) is 0 Å². The van der Waals surface area contributed by atoms with Crippen LogP contribution in [0.3, 0.4) is 0 Å². The number of anilines is 1. The van der Waals surface area contributed by atoms with Gasteiger partial charge >= 0.3 is 5.97 Å². The van der Waals surface area contributed by atoms with E-state index in [0.29, 0.717) is 12.0 Å². The number of hydrogen-bond acceptors (Lipinski definition) is 15. The summed E-state index contributed by atoms with van der Waals surface area (Å²) >= 11 is 0. The molecule has 0 saturated carbocycles. The summed E-state index contributed by atoms with van der Waals surface area (Å²) in [7, 11) is 0. The van der Waals surface area contributed by atoms with Crippen molar-refractivity contribution in [3.05, 3.63) is 71.3 Å². The van der Waals surface area contributed by atoms with Gasteiger partial charge in [0, 0.05) is 37.0 Å². The number of phenols is 1. The number of guanidine groups is 1. The zero-order valence-electron chi connectivity index (χ0n) is 51.0. The van der Waals surface area contributed by atoms with Crippen molar-refractivity contribution in [2.45, 2.75) is 172 Å². The van der Waals surface area contributed by atoms with Crippen LogP contribution in [0.15, 0.2) is 65.2 Å². The van der Waals surface area contributed by atoms with Crippen LogP contribution in [0, 0.1) is 11.8 Å². The van der Waals surface area contributed by atoms with E-state index < -0.39 is 169 Å². The first kappa shape index (κ1) is 68.8. The number of aliphatic imine (C=N–C) groups is 1. The number of rotatable bonds is 16.